The summed E-state index contributed by atoms with van der Waals surface area (Å²) < 4.78 is 51.9. The molecule has 1 aromatic carbocycles. The van der Waals surface area contributed by atoms with E-state index in [0.717, 1.165) is 0 Å². The number of carbonyl (C=O) groups excluding carboxylic acids is 2. The van der Waals surface area contributed by atoms with E-state index in [2.05, 4.69) is 9.93 Å². The maximum Gasteiger partial charge on any atom is 0.410 e. The summed E-state index contributed by atoms with van der Waals surface area (Å²) in [5.41, 5.74) is -0.756. The zero-order valence-electron chi connectivity index (χ0n) is 19.4. The molecule has 0 aliphatic carbocycles. The van der Waals surface area contributed by atoms with Gasteiger partial charge in [0.1, 0.15) is 45.0 Å². The van der Waals surface area contributed by atoms with Crippen molar-refractivity contribution in [1.29, 1.82) is 0 Å². The van der Waals surface area contributed by atoms with Crippen LogP contribution in [0.3, 0.4) is 0 Å². The number of amides is 1. The molecule has 0 N–H and O–H groups in total. The third kappa shape index (κ3) is 5.43. The Labute approximate surface area is 203 Å². The molecule has 2 aliphatic heterocycles. The van der Waals surface area contributed by atoms with Crippen molar-refractivity contribution >= 4 is 23.0 Å². The first-order valence-corrected chi connectivity index (χ1v) is 12.1. The van der Waals surface area contributed by atoms with Crippen molar-refractivity contribution in [1.82, 2.24) is 14.2 Å². The van der Waals surface area contributed by atoms with Crippen LogP contribution < -0.4 is 4.74 Å². The molecular formula is C23H25F2N3O6S. The van der Waals surface area contributed by atoms with Gasteiger partial charge in [0.2, 0.25) is 0 Å². The van der Waals surface area contributed by atoms with E-state index in [1.807, 2.05) is 0 Å². The van der Waals surface area contributed by atoms with Gasteiger partial charge in [0.25, 0.3) is 0 Å². The lowest BCUT2D eigenvalue weighted by Gasteiger charge is -2.43. The number of ether oxygens (including phenoxy) is 2. The van der Waals surface area contributed by atoms with Crippen LogP contribution in [0.4, 0.5) is 13.7 Å². The largest absolute Gasteiger partial charge is 0.456 e. The molecular weight excluding hydrogens is 484 g/mol. The Morgan fingerprint density at radius 2 is 1.77 bits per heavy atom. The van der Waals surface area contributed by atoms with Gasteiger partial charge in [-0.15, -0.1) is 0 Å². The number of hydrogen-bond acceptors (Lipinski definition) is 7. The van der Waals surface area contributed by atoms with Crippen molar-refractivity contribution in [3.05, 3.63) is 48.4 Å². The number of piperazine rings is 1. The van der Waals surface area contributed by atoms with Crippen LogP contribution >= 0.6 is 0 Å². The zero-order chi connectivity index (χ0) is 25.3. The fourth-order valence-corrected chi connectivity index (χ4v) is 5.60. The Morgan fingerprint density at radius 3 is 2.37 bits per heavy atom. The van der Waals surface area contributed by atoms with E-state index in [4.69, 9.17) is 9.47 Å². The molecule has 2 fully saturated rings. The summed E-state index contributed by atoms with van der Waals surface area (Å²) in [7, 11) is -1.96. The van der Waals surface area contributed by atoms with Gasteiger partial charge in [0, 0.05) is 17.1 Å². The van der Waals surface area contributed by atoms with Gasteiger partial charge < -0.3 is 9.47 Å². The Kier molecular flexibility index (Phi) is 7.04. The number of benzene rings is 1. The maximum atomic E-state index is 13.4. The van der Waals surface area contributed by atoms with Crippen LogP contribution in [0.1, 0.15) is 33.6 Å². The quantitative estimate of drug-likeness (QED) is 0.603. The van der Waals surface area contributed by atoms with Gasteiger partial charge in [0.15, 0.2) is 0 Å². The van der Waals surface area contributed by atoms with E-state index >= 15 is 0 Å². The smallest absolute Gasteiger partial charge is 0.410 e. The third-order valence-electron chi connectivity index (χ3n) is 5.68. The Bertz CT molecular complexity index is 1110. The van der Waals surface area contributed by atoms with Crippen LogP contribution in [0.5, 0.6) is 11.5 Å². The molecule has 35 heavy (non-hydrogen) atoms. The summed E-state index contributed by atoms with van der Waals surface area (Å²) in [6, 6.07) is 5.95. The fraction of sp³-hybridized carbons (Fsp3) is 0.435. The van der Waals surface area contributed by atoms with Gasteiger partial charge in [-0.1, -0.05) is 0 Å². The van der Waals surface area contributed by atoms with E-state index in [1.54, 1.807) is 20.8 Å². The number of pyridine rings is 1. The zero-order valence-corrected chi connectivity index (χ0v) is 20.2. The predicted molar refractivity (Wildman–Crippen MR) is 120 cm³/mol. The van der Waals surface area contributed by atoms with Crippen molar-refractivity contribution in [2.24, 2.45) is 0 Å². The second-order valence-corrected chi connectivity index (χ2v) is 10.6. The highest BCUT2D eigenvalue weighted by molar-refractivity contribution is 7.82. The summed E-state index contributed by atoms with van der Waals surface area (Å²) in [5.74, 6) is -0.925. The van der Waals surface area contributed by atoms with Crippen LogP contribution in [0.2, 0.25) is 0 Å². The van der Waals surface area contributed by atoms with Gasteiger partial charge in [-0.3, -0.25) is 9.84 Å². The minimum Gasteiger partial charge on any atom is -0.456 e. The van der Waals surface area contributed by atoms with Crippen molar-refractivity contribution in [2.45, 2.75) is 62.4 Å². The molecule has 0 radical (unpaired) electrons. The van der Waals surface area contributed by atoms with E-state index in [9.17, 15) is 22.7 Å². The number of fused-ring (bicyclic) bond motifs is 2. The number of halogens is 2. The number of carbonyl (C=O) groups is 2. The molecule has 0 spiro atoms. The van der Waals surface area contributed by atoms with Crippen LogP contribution in [0.25, 0.3) is 0 Å². The molecule has 12 heteroatoms. The van der Waals surface area contributed by atoms with E-state index in [0.29, 0.717) is 24.3 Å². The average Bonchev–Trinajstić information content (AvgIpc) is 3.12. The standard InChI is InChI=1S/C23H25F2N3O6S/c1-23(2,3)33-22(30)28-15-6-10-18(28)20(21(29)34-25)27(13-15)35(31)19-11-9-17(12-26-19)32-16-7-4-14(24)5-8-16/h4-5,7-9,11-12,15,18,20H,6,10,13H2,1-3H3/t15-,18+,20+,35?/m1/s1. The molecule has 3 heterocycles. The van der Waals surface area contributed by atoms with E-state index in [1.165, 1.54) is 51.8 Å². The van der Waals surface area contributed by atoms with Gasteiger partial charge in [-0.05, 0) is 70.0 Å². The molecule has 2 saturated heterocycles. The van der Waals surface area contributed by atoms with Gasteiger partial charge in [0.05, 0.1) is 12.2 Å². The number of nitrogens with zero attached hydrogens (tertiary/aromatic N) is 3. The summed E-state index contributed by atoms with van der Waals surface area (Å²) in [6.07, 6.45) is 1.65. The molecule has 2 aromatic rings. The summed E-state index contributed by atoms with van der Waals surface area (Å²) in [6.45, 7) is 5.21. The average molecular weight is 510 g/mol. The highest BCUT2D eigenvalue weighted by Crippen LogP contribution is 2.37. The molecule has 1 aromatic heterocycles. The Morgan fingerprint density at radius 1 is 1.09 bits per heavy atom. The number of hydrogen-bond donors (Lipinski definition) is 0. The second kappa shape index (κ2) is 9.86. The topological polar surface area (TPSA) is 98.3 Å². The second-order valence-electron chi connectivity index (χ2n) is 9.26. The van der Waals surface area contributed by atoms with E-state index < -0.39 is 46.6 Å². The number of aromatic nitrogens is 1. The van der Waals surface area contributed by atoms with Crippen LogP contribution in [-0.2, 0) is 25.5 Å². The molecule has 9 nitrogen and oxygen atoms in total. The molecule has 0 saturated carbocycles. The normalized spacial score (nSPS) is 23.0. The first kappa shape index (κ1) is 25.0. The summed E-state index contributed by atoms with van der Waals surface area (Å²) in [5, 5.41) is 0.109. The van der Waals surface area contributed by atoms with Gasteiger partial charge >= 0.3 is 12.1 Å². The summed E-state index contributed by atoms with van der Waals surface area (Å²) >= 11 is 0. The summed E-state index contributed by atoms with van der Waals surface area (Å²) in [4.78, 5) is 34.3. The SMILES string of the molecule is CC(C)(C)OC(=O)N1[C@@H]2CC[C@H]1[C@@H](C(=O)OF)N(S(=O)c1ccc(Oc3ccc(F)cc3)cn1)C2. The minimum absolute atomic E-state index is 0.0393. The highest BCUT2D eigenvalue weighted by atomic mass is 32.2. The Balaban J connectivity index is 1.53. The predicted octanol–water partition coefficient (Wildman–Crippen LogP) is 3.92. The van der Waals surface area contributed by atoms with Gasteiger partial charge in [-0.25, -0.2) is 27.5 Å². The Hall–Kier alpha value is -3.12. The third-order valence-corrected chi connectivity index (χ3v) is 7.09. The van der Waals surface area contributed by atoms with Crippen LogP contribution in [-0.4, -0.2) is 60.7 Å². The van der Waals surface area contributed by atoms with Crippen LogP contribution in [0, 0.1) is 5.82 Å². The van der Waals surface area contributed by atoms with Crippen molar-refractivity contribution < 1.29 is 37.1 Å². The van der Waals surface area contributed by atoms with Gasteiger partial charge in [-0.2, -0.15) is 0 Å². The maximum absolute atomic E-state index is 13.4. The monoisotopic (exact) mass is 509 g/mol. The first-order valence-electron chi connectivity index (χ1n) is 11.0. The van der Waals surface area contributed by atoms with E-state index in [-0.39, 0.29) is 17.6 Å². The molecule has 4 atom stereocenters. The lowest BCUT2D eigenvalue weighted by Crippen LogP contribution is -2.64. The molecule has 1 amide bonds. The minimum atomic E-state index is -1.96. The molecule has 1 unspecified atom stereocenters. The lowest BCUT2D eigenvalue weighted by atomic mass is 10.1. The molecule has 2 aliphatic rings. The molecule has 4 rings (SSSR count). The van der Waals surface area contributed by atoms with Crippen molar-refractivity contribution in [2.75, 3.05) is 6.54 Å². The molecule has 2 bridgehead atoms. The van der Waals surface area contributed by atoms with Crippen LogP contribution in [0.15, 0.2) is 47.6 Å². The molecule has 188 valence electrons. The lowest BCUT2D eigenvalue weighted by molar-refractivity contribution is -0.191. The highest BCUT2D eigenvalue weighted by Gasteiger charge is 2.55. The van der Waals surface area contributed by atoms with Crippen molar-refractivity contribution in [3.8, 4) is 11.5 Å². The fourth-order valence-electron chi connectivity index (χ4n) is 4.29. The number of rotatable bonds is 5. The first-order chi connectivity index (χ1) is 16.6. The van der Waals surface area contributed by atoms with Crippen molar-refractivity contribution in [3.63, 3.8) is 0 Å².